The summed E-state index contributed by atoms with van der Waals surface area (Å²) >= 11 is 1.52. The summed E-state index contributed by atoms with van der Waals surface area (Å²) in [4.78, 5) is 4.47. The zero-order chi connectivity index (χ0) is 13.9. The number of hydrogen-bond donors (Lipinski definition) is 3. The molecule has 0 radical (unpaired) electrons. The van der Waals surface area contributed by atoms with Gasteiger partial charge in [-0.1, -0.05) is 0 Å². The quantitative estimate of drug-likeness (QED) is 0.756. The van der Waals surface area contributed by atoms with Crippen molar-refractivity contribution in [3.8, 4) is 22.8 Å². The molecule has 1 aliphatic heterocycles. The molecule has 20 heavy (non-hydrogen) atoms. The van der Waals surface area contributed by atoms with E-state index in [4.69, 9.17) is 4.74 Å². The molecule has 3 rings (SSSR count). The molecule has 3 N–H and O–H groups in total. The molecule has 2 heterocycles. The largest absolute Gasteiger partial charge is 0.504 e. The van der Waals surface area contributed by atoms with Crippen LogP contribution >= 0.6 is 11.3 Å². The van der Waals surface area contributed by atoms with E-state index in [9.17, 15) is 10.2 Å². The molecule has 1 saturated heterocycles. The lowest BCUT2D eigenvalue weighted by Gasteiger charge is -2.09. The van der Waals surface area contributed by atoms with E-state index in [1.807, 2.05) is 5.38 Å². The minimum absolute atomic E-state index is 0.124. The third-order valence-corrected chi connectivity index (χ3v) is 4.08. The number of aromatic hydroxyl groups is 2. The normalized spacial score (nSPS) is 18.3. The van der Waals surface area contributed by atoms with Crippen LogP contribution in [0.15, 0.2) is 23.6 Å². The summed E-state index contributed by atoms with van der Waals surface area (Å²) in [5.74, 6) is -0.259. The Morgan fingerprint density at radius 3 is 3.00 bits per heavy atom. The SMILES string of the molecule is Oc1ccc(-c2csc(NCC3CCCO3)n2)cc1O. The molecule has 1 aliphatic rings. The number of phenols is 2. The first-order valence-electron chi connectivity index (χ1n) is 6.56. The number of anilines is 1. The highest BCUT2D eigenvalue weighted by Crippen LogP contribution is 2.32. The Labute approximate surface area is 120 Å². The topological polar surface area (TPSA) is 74.6 Å². The maximum absolute atomic E-state index is 9.51. The average Bonchev–Trinajstić information content (AvgIpc) is 3.10. The van der Waals surface area contributed by atoms with Crippen molar-refractivity contribution in [1.29, 1.82) is 0 Å². The second-order valence-electron chi connectivity index (χ2n) is 4.76. The molecule has 1 aromatic heterocycles. The molecule has 1 atom stereocenters. The van der Waals surface area contributed by atoms with Gasteiger partial charge in [0.2, 0.25) is 0 Å². The van der Waals surface area contributed by atoms with Gasteiger partial charge in [0.05, 0.1) is 11.8 Å². The summed E-state index contributed by atoms with van der Waals surface area (Å²) in [6.07, 6.45) is 2.50. The van der Waals surface area contributed by atoms with Crippen LogP contribution in [0.3, 0.4) is 0 Å². The van der Waals surface area contributed by atoms with E-state index >= 15 is 0 Å². The summed E-state index contributed by atoms with van der Waals surface area (Å²) in [5, 5.41) is 24.8. The van der Waals surface area contributed by atoms with Gasteiger partial charge in [0.15, 0.2) is 16.6 Å². The van der Waals surface area contributed by atoms with Crippen LogP contribution in [0.2, 0.25) is 0 Å². The Bertz CT molecular complexity index is 594. The maximum atomic E-state index is 9.51. The van der Waals surface area contributed by atoms with Gasteiger partial charge in [0.25, 0.3) is 0 Å². The molecule has 1 fully saturated rings. The highest BCUT2D eigenvalue weighted by molar-refractivity contribution is 7.14. The number of nitrogens with one attached hydrogen (secondary N) is 1. The van der Waals surface area contributed by atoms with Gasteiger partial charge in [-0.3, -0.25) is 0 Å². The van der Waals surface area contributed by atoms with Crippen LogP contribution in [0.1, 0.15) is 12.8 Å². The van der Waals surface area contributed by atoms with Gasteiger partial charge in [-0.15, -0.1) is 11.3 Å². The molecule has 6 heteroatoms. The monoisotopic (exact) mass is 292 g/mol. The van der Waals surface area contributed by atoms with Crippen LogP contribution in [0, 0.1) is 0 Å². The first-order valence-corrected chi connectivity index (χ1v) is 7.44. The van der Waals surface area contributed by atoms with E-state index in [1.54, 1.807) is 6.07 Å². The van der Waals surface area contributed by atoms with Crippen molar-refractivity contribution in [2.75, 3.05) is 18.5 Å². The Kier molecular flexibility index (Phi) is 3.75. The summed E-state index contributed by atoms with van der Waals surface area (Å²) in [5.41, 5.74) is 1.56. The van der Waals surface area contributed by atoms with Gasteiger partial charge < -0.3 is 20.3 Å². The standard InChI is InChI=1S/C14H16N2O3S/c17-12-4-3-9(6-13(12)18)11-8-20-14(16-11)15-7-10-2-1-5-19-10/h3-4,6,8,10,17-18H,1-2,5,7H2,(H,15,16). The van der Waals surface area contributed by atoms with Gasteiger partial charge in [-0.2, -0.15) is 0 Å². The highest BCUT2D eigenvalue weighted by Gasteiger charge is 2.15. The molecule has 2 aromatic rings. The molecule has 5 nitrogen and oxygen atoms in total. The molecule has 0 spiro atoms. The fourth-order valence-corrected chi connectivity index (χ4v) is 2.91. The van der Waals surface area contributed by atoms with Gasteiger partial charge in [-0.05, 0) is 31.0 Å². The first kappa shape index (κ1) is 13.2. The predicted molar refractivity (Wildman–Crippen MR) is 78.3 cm³/mol. The second-order valence-corrected chi connectivity index (χ2v) is 5.62. The van der Waals surface area contributed by atoms with Crippen molar-refractivity contribution in [1.82, 2.24) is 4.98 Å². The fourth-order valence-electron chi connectivity index (χ4n) is 2.18. The number of benzene rings is 1. The first-order chi connectivity index (χ1) is 9.72. The van der Waals surface area contributed by atoms with Gasteiger partial charge >= 0.3 is 0 Å². The lowest BCUT2D eigenvalue weighted by Crippen LogP contribution is -2.18. The Morgan fingerprint density at radius 2 is 2.25 bits per heavy atom. The molecule has 0 aliphatic carbocycles. The van der Waals surface area contributed by atoms with Gasteiger partial charge in [-0.25, -0.2) is 4.98 Å². The zero-order valence-corrected chi connectivity index (χ0v) is 11.7. The summed E-state index contributed by atoms with van der Waals surface area (Å²) in [6, 6.07) is 4.70. The molecular weight excluding hydrogens is 276 g/mol. The van der Waals surface area contributed by atoms with Crippen LogP contribution in [-0.4, -0.2) is 34.5 Å². The molecular formula is C14H16N2O3S. The number of ether oxygens (including phenoxy) is 1. The smallest absolute Gasteiger partial charge is 0.183 e. The van der Waals surface area contributed by atoms with E-state index in [0.29, 0.717) is 0 Å². The Hall–Kier alpha value is -1.79. The van der Waals surface area contributed by atoms with Crippen molar-refractivity contribution in [3.63, 3.8) is 0 Å². The molecule has 106 valence electrons. The van der Waals surface area contributed by atoms with Gasteiger partial charge in [0.1, 0.15) is 0 Å². The minimum Gasteiger partial charge on any atom is -0.504 e. The molecule has 1 unspecified atom stereocenters. The van der Waals surface area contributed by atoms with Crippen LogP contribution in [-0.2, 0) is 4.74 Å². The van der Waals surface area contributed by atoms with E-state index in [2.05, 4.69) is 10.3 Å². The van der Waals surface area contributed by atoms with E-state index in [0.717, 1.165) is 42.4 Å². The lowest BCUT2D eigenvalue weighted by atomic mass is 10.1. The maximum Gasteiger partial charge on any atom is 0.183 e. The third kappa shape index (κ3) is 2.86. The summed E-state index contributed by atoms with van der Waals surface area (Å²) < 4.78 is 5.55. The number of thiazole rings is 1. The highest BCUT2D eigenvalue weighted by atomic mass is 32.1. The van der Waals surface area contributed by atoms with Crippen LogP contribution in [0.5, 0.6) is 11.5 Å². The summed E-state index contributed by atoms with van der Waals surface area (Å²) in [7, 11) is 0. The number of rotatable bonds is 4. The van der Waals surface area contributed by atoms with Gasteiger partial charge in [0, 0.05) is 24.1 Å². The molecule has 1 aromatic carbocycles. The second kappa shape index (κ2) is 5.68. The van der Waals surface area contributed by atoms with Crippen molar-refractivity contribution in [3.05, 3.63) is 23.6 Å². The van der Waals surface area contributed by atoms with Crippen molar-refractivity contribution < 1.29 is 14.9 Å². The predicted octanol–water partition coefficient (Wildman–Crippen LogP) is 2.81. The fraction of sp³-hybridized carbons (Fsp3) is 0.357. The molecule has 0 amide bonds. The van der Waals surface area contributed by atoms with Crippen molar-refractivity contribution >= 4 is 16.5 Å². The third-order valence-electron chi connectivity index (χ3n) is 3.28. The van der Waals surface area contributed by atoms with Crippen LogP contribution in [0.4, 0.5) is 5.13 Å². The van der Waals surface area contributed by atoms with E-state index in [1.165, 1.54) is 23.5 Å². The Balaban J connectivity index is 1.67. The molecule has 0 bridgehead atoms. The number of aromatic nitrogens is 1. The van der Waals surface area contributed by atoms with Crippen LogP contribution < -0.4 is 5.32 Å². The number of nitrogens with zero attached hydrogens (tertiary/aromatic N) is 1. The van der Waals surface area contributed by atoms with E-state index < -0.39 is 0 Å². The van der Waals surface area contributed by atoms with Crippen molar-refractivity contribution in [2.45, 2.75) is 18.9 Å². The minimum atomic E-state index is -0.135. The van der Waals surface area contributed by atoms with Crippen LogP contribution in [0.25, 0.3) is 11.3 Å². The van der Waals surface area contributed by atoms with Crippen molar-refractivity contribution in [2.24, 2.45) is 0 Å². The molecule has 0 saturated carbocycles. The van der Waals surface area contributed by atoms with E-state index in [-0.39, 0.29) is 17.6 Å². The average molecular weight is 292 g/mol. The lowest BCUT2D eigenvalue weighted by molar-refractivity contribution is 0.120. The number of phenolic OH excluding ortho intramolecular Hbond substituents is 2. The number of hydrogen-bond acceptors (Lipinski definition) is 6. The Morgan fingerprint density at radius 1 is 1.35 bits per heavy atom. The zero-order valence-electron chi connectivity index (χ0n) is 10.9. The summed E-state index contributed by atoms with van der Waals surface area (Å²) in [6.45, 7) is 1.62.